The molecule has 4 rings (SSSR count). The molecule has 3 atom stereocenters. The number of benzene rings is 2. The van der Waals surface area contributed by atoms with Crippen molar-refractivity contribution >= 4 is 5.97 Å². The van der Waals surface area contributed by atoms with E-state index in [1.807, 2.05) is 30.3 Å². The first-order valence-electron chi connectivity index (χ1n) is 11.7. The van der Waals surface area contributed by atoms with E-state index in [1.165, 1.54) is 11.8 Å². The predicted octanol–water partition coefficient (Wildman–Crippen LogP) is 2.89. The maximum absolute atomic E-state index is 11.7. The number of hydrogen-bond donors (Lipinski definition) is 1. The summed E-state index contributed by atoms with van der Waals surface area (Å²) < 4.78 is 6.17. The second-order valence-corrected chi connectivity index (χ2v) is 8.99. The fraction of sp³-hybridized carbons (Fsp3) is 0.385. The van der Waals surface area contributed by atoms with Gasteiger partial charge < -0.3 is 9.84 Å². The molecule has 35 heavy (non-hydrogen) atoms. The number of methoxy groups -OCH3 is 1. The van der Waals surface area contributed by atoms with Crippen LogP contribution < -0.4 is 0 Å². The van der Waals surface area contributed by atoms with E-state index in [4.69, 9.17) is 4.74 Å². The average Bonchev–Trinajstić information content (AvgIpc) is 3.31. The molecule has 0 saturated carbocycles. The zero-order valence-corrected chi connectivity index (χ0v) is 20.4. The molecule has 0 bridgehead atoms. The first-order chi connectivity index (χ1) is 16.9. The second kappa shape index (κ2) is 10.8. The molecule has 9 nitrogen and oxygen atoms in total. The molecule has 2 aromatic carbocycles. The van der Waals surface area contributed by atoms with Gasteiger partial charge in [-0.3, -0.25) is 14.6 Å². The molecule has 1 N–H and O–H groups in total. The molecule has 0 aliphatic carbocycles. The number of phenolic OH excluding ortho intramolecular Hbond substituents is 1. The number of aromatic nitrogens is 4. The Balaban J connectivity index is 1.67. The van der Waals surface area contributed by atoms with Crippen LogP contribution in [-0.2, 0) is 16.1 Å². The fourth-order valence-corrected chi connectivity index (χ4v) is 4.79. The van der Waals surface area contributed by atoms with Crippen LogP contribution in [-0.4, -0.2) is 79.9 Å². The molecule has 184 valence electrons. The van der Waals surface area contributed by atoms with Crippen molar-refractivity contribution in [1.82, 2.24) is 30.0 Å². The number of carbonyl (C=O) groups is 1. The van der Waals surface area contributed by atoms with Gasteiger partial charge in [-0.2, -0.15) is 0 Å². The van der Waals surface area contributed by atoms with Gasteiger partial charge in [0, 0.05) is 37.3 Å². The van der Waals surface area contributed by atoms with E-state index in [-0.39, 0.29) is 18.3 Å². The van der Waals surface area contributed by atoms with Crippen molar-refractivity contribution in [1.29, 1.82) is 0 Å². The lowest BCUT2D eigenvalue weighted by Gasteiger charge is -2.47. The number of esters is 1. The number of hydrogen-bond acceptors (Lipinski definition) is 8. The molecular formula is C26H32N6O3. The Labute approximate surface area is 205 Å². The van der Waals surface area contributed by atoms with Crippen LogP contribution >= 0.6 is 0 Å². The Morgan fingerprint density at radius 1 is 1.17 bits per heavy atom. The van der Waals surface area contributed by atoms with E-state index in [0.717, 1.165) is 36.3 Å². The molecule has 0 spiro atoms. The van der Waals surface area contributed by atoms with Gasteiger partial charge >= 0.3 is 5.97 Å². The van der Waals surface area contributed by atoms with E-state index in [0.29, 0.717) is 17.9 Å². The maximum atomic E-state index is 11.7. The van der Waals surface area contributed by atoms with Crippen molar-refractivity contribution in [3.8, 4) is 17.1 Å². The highest BCUT2D eigenvalue weighted by molar-refractivity contribution is 5.70. The largest absolute Gasteiger partial charge is 0.508 e. The predicted molar refractivity (Wildman–Crippen MR) is 133 cm³/mol. The number of phenols is 1. The van der Waals surface area contributed by atoms with Gasteiger partial charge in [-0.05, 0) is 47.5 Å². The highest BCUT2D eigenvalue weighted by Gasteiger charge is 2.34. The fourth-order valence-electron chi connectivity index (χ4n) is 4.79. The topological polar surface area (TPSA) is 96.6 Å². The SMILES string of the molecule is C=CCN1C[C@H](C)N([C@H](c2ccc(-c3nnnn3CC(=O)OC)cc2)c2cccc(O)c2)C[C@H]1C. The van der Waals surface area contributed by atoms with Crippen LogP contribution in [0.5, 0.6) is 5.75 Å². The van der Waals surface area contributed by atoms with Gasteiger partial charge in [-0.25, -0.2) is 4.68 Å². The molecule has 1 aliphatic rings. The number of piperazine rings is 1. The summed E-state index contributed by atoms with van der Waals surface area (Å²) in [6, 6.07) is 16.2. The summed E-state index contributed by atoms with van der Waals surface area (Å²) in [6.45, 7) is 11.0. The van der Waals surface area contributed by atoms with E-state index in [1.54, 1.807) is 6.07 Å². The van der Waals surface area contributed by atoms with E-state index in [2.05, 4.69) is 64.0 Å². The Morgan fingerprint density at radius 2 is 1.94 bits per heavy atom. The van der Waals surface area contributed by atoms with Gasteiger partial charge in [0.2, 0.25) is 0 Å². The van der Waals surface area contributed by atoms with Crippen molar-refractivity contribution < 1.29 is 14.6 Å². The summed E-state index contributed by atoms with van der Waals surface area (Å²) in [6.07, 6.45) is 1.96. The number of nitrogens with zero attached hydrogens (tertiary/aromatic N) is 6. The summed E-state index contributed by atoms with van der Waals surface area (Å²) in [5.74, 6) is 0.325. The van der Waals surface area contributed by atoms with Crippen LogP contribution in [0.1, 0.15) is 31.0 Å². The van der Waals surface area contributed by atoms with Crippen LogP contribution in [0.25, 0.3) is 11.4 Å². The van der Waals surface area contributed by atoms with Gasteiger partial charge in [0.05, 0.1) is 13.2 Å². The van der Waals surface area contributed by atoms with Gasteiger partial charge in [0.1, 0.15) is 12.3 Å². The van der Waals surface area contributed by atoms with E-state index >= 15 is 0 Å². The normalized spacial score (nSPS) is 19.9. The zero-order chi connectivity index (χ0) is 24.9. The monoisotopic (exact) mass is 476 g/mol. The third kappa shape index (κ3) is 5.41. The molecule has 0 radical (unpaired) electrons. The molecular weight excluding hydrogens is 444 g/mol. The number of ether oxygens (including phenoxy) is 1. The second-order valence-electron chi connectivity index (χ2n) is 8.99. The molecule has 0 unspecified atom stereocenters. The van der Waals surface area contributed by atoms with Crippen molar-refractivity contribution in [3.63, 3.8) is 0 Å². The van der Waals surface area contributed by atoms with Crippen molar-refractivity contribution in [2.75, 3.05) is 26.7 Å². The van der Waals surface area contributed by atoms with Crippen molar-refractivity contribution in [3.05, 3.63) is 72.3 Å². The molecule has 9 heteroatoms. The summed E-state index contributed by atoms with van der Waals surface area (Å²) in [7, 11) is 1.34. The number of rotatable bonds is 8. The summed E-state index contributed by atoms with van der Waals surface area (Å²) >= 11 is 0. The summed E-state index contributed by atoms with van der Waals surface area (Å²) in [4.78, 5) is 16.7. The minimum Gasteiger partial charge on any atom is -0.508 e. The van der Waals surface area contributed by atoms with Crippen molar-refractivity contribution in [2.24, 2.45) is 0 Å². The maximum Gasteiger partial charge on any atom is 0.327 e. The smallest absolute Gasteiger partial charge is 0.327 e. The minimum atomic E-state index is -0.419. The molecule has 1 fully saturated rings. The minimum absolute atomic E-state index is 0.0365. The standard InChI is InChI=1S/C26H32N6O3/c1-5-13-30-15-19(3)31(16-18(30)2)25(22-7-6-8-23(33)14-22)20-9-11-21(12-10-20)26-27-28-29-32(26)17-24(34)35-4/h5-12,14,18-19,25,33H,1,13,15-17H2,2-4H3/t18-,19+,25-/m1/s1. The first-order valence-corrected chi connectivity index (χ1v) is 11.7. The van der Waals surface area contributed by atoms with Gasteiger partial charge in [-0.1, -0.05) is 42.5 Å². The van der Waals surface area contributed by atoms with E-state index < -0.39 is 5.97 Å². The van der Waals surface area contributed by atoms with E-state index in [9.17, 15) is 9.90 Å². The lowest BCUT2D eigenvalue weighted by Crippen LogP contribution is -2.57. The Morgan fingerprint density at radius 3 is 2.63 bits per heavy atom. The quantitative estimate of drug-likeness (QED) is 0.392. The molecule has 1 aliphatic heterocycles. The molecule has 0 amide bonds. The highest BCUT2D eigenvalue weighted by atomic mass is 16.5. The van der Waals surface area contributed by atoms with Gasteiger partial charge in [-0.15, -0.1) is 11.7 Å². The van der Waals surface area contributed by atoms with Crippen LogP contribution in [0.4, 0.5) is 0 Å². The van der Waals surface area contributed by atoms with Crippen molar-refractivity contribution in [2.45, 2.75) is 38.5 Å². The molecule has 1 saturated heterocycles. The highest BCUT2D eigenvalue weighted by Crippen LogP contribution is 2.35. The van der Waals surface area contributed by atoms with Crippen LogP contribution in [0.3, 0.4) is 0 Å². The Hall–Kier alpha value is -3.56. The van der Waals surface area contributed by atoms with Crippen LogP contribution in [0, 0.1) is 0 Å². The first kappa shape index (κ1) is 24.6. The zero-order valence-electron chi connectivity index (χ0n) is 20.4. The molecule has 1 aromatic heterocycles. The average molecular weight is 477 g/mol. The summed E-state index contributed by atoms with van der Waals surface area (Å²) in [5.41, 5.74) is 2.93. The van der Waals surface area contributed by atoms with Gasteiger partial charge in [0.25, 0.3) is 0 Å². The number of carbonyl (C=O) groups excluding carboxylic acids is 1. The number of tetrazole rings is 1. The lowest BCUT2D eigenvalue weighted by atomic mass is 9.92. The Bertz CT molecular complexity index is 1160. The van der Waals surface area contributed by atoms with Crippen LogP contribution in [0.15, 0.2) is 61.2 Å². The summed E-state index contributed by atoms with van der Waals surface area (Å²) in [5, 5.41) is 22.0. The molecule has 2 heterocycles. The lowest BCUT2D eigenvalue weighted by molar-refractivity contribution is -0.141. The van der Waals surface area contributed by atoms with Crippen LogP contribution in [0.2, 0.25) is 0 Å². The third-order valence-electron chi connectivity index (χ3n) is 6.57. The third-order valence-corrected chi connectivity index (χ3v) is 6.57. The van der Waals surface area contributed by atoms with Gasteiger partial charge in [0.15, 0.2) is 5.82 Å². The Kier molecular flexibility index (Phi) is 7.57. The molecule has 3 aromatic rings. The number of aromatic hydroxyl groups is 1.